The minimum Gasteiger partial charge on any atom is -0.478 e. The number of hydrogen-bond acceptors (Lipinski definition) is 6. The molecule has 0 aliphatic rings. The van der Waals surface area contributed by atoms with E-state index in [-0.39, 0.29) is 12.3 Å². The van der Waals surface area contributed by atoms with Crippen LogP contribution in [0, 0.1) is 13.8 Å². The van der Waals surface area contributed by atoms with Gasteiger partial charge in [0.15, 0.2) is 11.4 Å². The molecule has 31 heavy (non-hydrogen) atoms. The second kappa shape index (κ2) is 8.17. The Labute approximate surface area is 178 Å². The van der Waals surface area contributed by atoms with E-state index < -0.39 is 17.3 Å². The van der Waals surface area contributed by atoms with Gasteiger partial charge in [-0.3, -0.25) is 4.79 Å². The SMILES string of the molecule is CC(=O)c1ccccc1-n1nnn(Cc2cc(C)c(OC(C)(C)C(=O)O)c(C)c2)c1=O. The molecule has 2 aromatic carbocycles. The van der Waals surface area contributed by atoms with E-state index in [2.05, 4.69) is 10.4 Å². The molecular weight excluding hydrogens is 400 g/mol. The number of para-hydroxylation sites is 1. The van der Waals surface area contributed by atoms with Crippen LogP contribution in [0.5, 0.6) is 5.75 Å². The number of aliphatic carboxylic acids is 1. The quantitative estimate of drug-likeness (QED) is 0.579. The van der Waals surface area contributed by atoms with E-state index in [0.29, 0.717) is 17.0 Å². The lowest BCUT2D eigenvalue weighted by Gasteiger charge is -2.24. The summed E-state index contributed by atoms with van der Waals surface area (Å²) in [5, 5.41) is 17.2. The number of carbonyl (C=O) groups is 2. The van der Waals surface area contributed by atoms with E-state index in [1.807, 2.05) is 26.0 Å². The van der Waals surface area contributed by atoms with Gasteiger partial charge in [0.25, 0.3) is 0 Å². The van der Waals surface area contributed by atoms with Crippen LogP contribution in [0.2, 0.25) is 0 Å². The molecule has 0 spiro atoms. The van der Waals surface area contributed by atoms with Crippen LogP contribution in [0.25, 0.3) is 5.69 Å². The van der Waals surface area contributed by atoms with Gasteiger partial charge in [0.05, 0.1) is 12.2 Å². The summed E-state index contributed by atoms with van der Waals surface area (Å²) in [6.45, 7) is 8.18. The zero-order valence-electron chi connectivity index (χ0n) is 18.0. The van der Waals surface area contributed by atoms with Crippen LogP contribution < -0.4 is 10.4 Å². The first kappa shape index (κ1) is 21.9. The summed E-state index contributed by atoms with van der Waals surface area (Å²) in [7, 11) is 0. The van der Waals surface area contributed by atoms with Crippen molar-refractivity contribution in [2.45, 2.75) is 46.8 Å². The summed E-state index contributed by atoms with van der Waals surface area (Å²) in [4.78, 5) is 36.1. The fraction of sp³-hybridized carbons (Fsp3) is 0.318. The molecule has 0 atom stereocenters. The number of aromatic nitrogens is 4. The lowest BCUT2D eigenvalue weighted by Crippen LogP contribution is -2.38. The lowest BCUT2D eigenvalue weighted by atomic mass is 10.0. The van der Waals surface area contributed by atoms with Crippen molar-refractivity contribution >= 4 is 11.8 Å². The first-order valence-corrected chi connectivity index (χ1v) is 9.67. The number of carbonyl (C=O) groups excluding carboxylic acids is 1. The van der Waals surface area contributed by atoms with Gasteiger partial charge in [-0.25, -0.2) is 9.59 Å². The molecule has 1 aromatic heterocycles. The Kier molecular flexibility index (Phi) is 5.79. The number of hydrogen-bond donors (Lipinski definition) is 1. The number of tetrazole rings is 1. The van der Waals surface area contributed by atoms with Crippen molar-refractivity contribution in [1.29, 1.82) is 0 Å². The van der Waals surface area contributed by atoms with Crippen LogP contribution in [-0.4, -0.2) is 42.3 Å². The Hall–Kier alpha value is -3.75. The monoisotopic (exact) mass is 424 g/mol. The van der Waals surface area contributed by atoms with E-state index in [1.165, 1.54) is 25.5 Å². The molecule has 3 aromatic rings. The zero-order chi connectivity index (χ0) is 22.9. The molecule has 1 heterocycles. The van der Waals surface area contributed by atoms with Gasteiger partial charge in [0.1, 0.15) is 5.75 Å². The van der Waals surface area contributed by atoms with Crippen molar-refractivity contribution in [3.8, 4) is 11.4 Å². The van der Waals surface area contributed by atoms with E-state index in [1.54, 1.807) is 24.3 Å². The molecule has 0 aliphatic carbocycles. The van der Waals surface area contributed by atoms with Gasteiger partial charge in [-0.15, -0.1) is 0 Å². The number of benzene rings is 2. The molecule has 0 saturated heterocycles. The van der Waals surface area contributed by atoms with Crippen molar-refractivity contribution in [3.63, 3.8) is 0 Å². The van der Waals surface area contributed by atoms with Gasteiger partial charge < -0.3 is 9.84 Å². The highest BCUT2D eigenvalue weighted by Crippen LogP contribution is 2.29. The van der Waals surface area contributed by atoms with E-state index >= 15 is 0 Å². The first-order chi connectivity index (χ1) is 14.5. The van der Waals surface area contributed by atoms with E-state index in [4.69, 9.17) is 4.74 Å². The van der Waals surface area contributed by atoms with Crippen LogP contribution in [0.3, 0.4) is 0 Å². The number of Topliss-reactive ketones (excluding diaryl/α,β-unsaturated/α-hetero) is 1. The summed E-state index contributed by atoms with van der Waals surface area (Å²) in [6.07, 6.45) is 0. The smallest absolute Gasteiger partial charge is 0.368 e. The highest BCUT2D eigenvalue weighted by Gasteiger charge is 2.30. The molecule has 0 saturated carbocycles. The zero-order valence-corrected chi connectivity index (χ0v) is 18.0. The third-order valence-corrected chi connectivity index (χ3v) is 4.88. The molecule has 3 rings (SSSR count). The molecule has 0 aliphatic heterocycles. The topological polar surface area (TPSA) is 116 Å². The van der Waals surface area contributed by atoms with Crippen LogP contribution in [0.15, 0.2) is 41.2 Å². The van der Waals surface area contributed by atoms with Crippen molar-refractivity contribution in [3.05, 3.63) is 69.1 Å². The van der Waals surface area contributed by atoms with Crippen LogP contribution in [0.4, 0.5) is 0 Å². The Balaban J connectivity index is 1.93. The molecule has 9 nitrogen and oxygen atoms in total. The molecule has 9 heteroatoms. The van der Waals surface area contributed by atoms with Gasteiger partial charge in [-0.05, 0) is 73.9 Å². The standard InChI is InChI=1S/C22H24N4O5/c1-13-10-16(11-14(2)19(13)31-22(4,5)20(28)29)12-25-21(30)26(24-23-25)18-9-7-6-8-17(18)15(3)27/h6-11H,12H2,1-5H3,(H,28,29). The van der Waals surface area contributed by atoms with Gasteiger partial charge >= 0.3 is 11.7 Å². The summed E-state index contributed by atoms with van der Waals surface area (Å²) in [5.41, 5.74) is 1.17. The van der Waals surface area contributed by atoms with Crippen molar-refractivity contribution in [2.75, 3.05) is 0 Å². The fourth-order valence-electron chi connectivity index (χ4n) is 3.24. The average Bonchev–Trinajstić information content (AvgIpc) is 3.04. The largest absolute Gasteiger partial charge is 0.478 e. The first-order valence-electron chi connectivity index (χ1n) is 9.67. The Morgan fingerprint density at radius 3 is 2.29 bits per heavy atom. The highest BCUT2D eigenvalue weighted by atomic mass is 16.5. The lowest BCUT2D eigenvalue weighted by molar-refractivity contribution is -0.152. The van der Waals surface area contributed by atoms with Crippen molar-refractivity contribution in [2.24, 2.45) is 0 Å². The Morgan fingerprint density at radius 2 is 1.71 bits per heavy atom. The van der Waals surface area contributed by atoms with Crippen molar-refractivity contribution < 1.29 is 19.4 Å². The minimum absolute atomic E-state index is 0.158. The Bertz CT molecular complexity index is 1200. The third kappa shape index (κ3) is 4.40. The molecule has 1 N–H and O–H groups in total. The summed E-state index contributed by atoms with van der Waals surface area (Å²) in [6, 6.07) is 10.3. The van der Waals surface area contributed by atoms with Crippen LogP contribution in [0.1, 0.15) is 47.8 Å². The number of carboxylic acid groups (broad SMARTS) is 1. The molecule has 0 amide bonds. The predicted molar refractivity (Wildman–Crippen MR) is 113 cm³/mol. The minimum atomic E-state index is -1.37. The van der Waals surface area contributed by atoms with Gasteiger partial charge in [0.2, 0.25) is 0 Å². The second-order valence-electron chi connectivity index (χ2n) is 7.88. The maximum absolute atomic E-state index is 12.8. The number of carboxylic acids is 1. The number of rotatable bonds is 7. The van der Waals surface area contributed by atoms with Crippen molar-refractivity contribution in [1.82, 2.24) is 19.8 Å². The normalized spacial score (nSPS) is 11.4. The number of nitrogens with zero attached hydrogens (tertiary/aromatic N) is 4. The summed E-state index contributed by atoms with van der Waals surface area (Å²) in [5.74, 6) is -0.755. The average molecular weight is 424 g/mol. The maximum Gasteiger partial charge on any atom is 0.368 e. The fourth-order valence-corrected chi connectivity index (χ4v) is 3.24. The highest BCUT2D eigenvalue weighted by molar-refractivity contribution is 5.97. The molecule has 0 radical (unpaired) electrons. The van der Waals surface area contributed by atoms with Crippen LogP contribution >= 0.6 is 0 Å². The maximum atomic E-state index is 12.8. The van der Waals surface area contributed by atoms with E-state index in [0.717, 1.165) is 21.4 Å². The number of ether oxygens (including phenoxy) is 1. The summed E-state index contributed by atoms with van der Waals surface area (Å²) < 4.78 is 8.02. The molecule has 0 unspecified atom stereocenters. The molecule has 0 fully saturated rings. The Morgan fingerprint density at radius 1 is 1.10 bits per heavy atom. The molecular formula is C22H24N4O5. The molecule has 0 bridgehead atoms. The summed E-state index contributed by atoms with van der Waals surface area (Å²) >= 11 is 0. The van der Waals surface area contributed by atoms with Gasteiger partial charge in [0, 0.05) is 5.56 Å². The predicted octanol–water partition coefficient (Wildman–Crippen LogP) is 2.54. The van der Waals surface area contributed by atoms with Gasteiger partial charge in [-0.2, -0.15) is 9.36 Å². The van der Waals surface area contributed by atoms with E-state index in [9.17, 15) is 19.5 Å². The van der Waals surface area contributed by atoms with Gasteiger partial charge in [-0.1, -0.05) is 24.3 Å². The third-order valence-electron chi connectivity index (χ3n) is 4.88. The number of ketones is 1. The van der Waals surface area contributed by atoms with Crippen LogP contribution in [-0.2, 0) is 11.3 Å². The second-order valence-corrected chi connectivity index (χ2v) is 7.88. The number of aryl methyl sites for hydroxylation is 2. The molecule has 162 valence electrons.